The Balaban J connectivity index is 1.38. The SMILES string of the molecule is COc1cccc([C@H](CNC(=O)c2ccc(OCc3c(C)noc3C)cc2)N2CCCC2)c1. The van der Waals surface area contributed by atoms with Gasteiger partial charge >= 0.3 is 0 Å². The number of hydrogen-bond donors (Lipinski definition) is 1. The molecule has 1 aliphatic rings. The summed E-state index contributed by atoms with van der Waals surface area (Å²) in [6.07, 6.45) is 2.37. The average Bonchev–Trinajstić information content (AvgIpc) is 3.48. The summed E-state index contributed by atoms with van der Waals surface area (Å²) in [4.78, 5) is 15.3. The quantitative estimate of drug-likeness (QED) is 0.520. The van der Waals surface area contributed by atoms with Crippen molar-refractivity contribution >= 4 is 5.91 Å². The van der Waals surface area contributed by atoms with E-state index in [1.165, 1.54) is 12.8 Å². The third kappa shape index (κ3) is 5.54. The van der Waals surface area contributed by atoms with E-state index in [0.717, 1.165) is 41.4 Å². The standard InChI is InChI=1S/C26H31N3O4/c1-18-24(19(2)33-28-18)17-32-22-11-9-20(10-12-22)26(30)27-16-25(29-13-4-5-14-29)21-7-6-8-23(15-21)31-3/h6-12,15,25H,4-5,13-14,16-17H2,1-3H3,(H,27,30)/t25-/m0/s1. The molecule has 174 valence electrons. The normalized spacial score (nSPS) is 14.8. The Kier molecular flexibility index (Phi) is 7.29. The zero-order valence-electron chi connectivity index (χ0n) is 19.5. The second-order valence-corrected chi connectivity index (χ2v) is 8.36. The fraction of sp³-hybridized carbons (Fsp3) is 0.385. The van der Waals surface area contributed by atoms with Crippen LogP contribution in [0.1, 0.15) is 51.8 Å². The van der Waals surface area contributed by atoms with Gasteiger partial charge in [-0.15, -0.1) is 0 Å². The first-order valence-electron chi connectivity index (χ1n) is 11.4. The van der Waals surface area contributed by atoms with Crippen molar-refractivity contribution in [1.82, 2.24) is 15.4 Å². The van der Waals surface area contributed by atoms with Gasteiger partial charge in [0.25, 0.3) is 5.91 Å². The van der Waals surface area contributed by atoms with Crippen LogP contribution in [0, 0.1) is 13.8 Å². The van der Waals surface area contributed by atoms with Crippen LogP contribution in [0.15, 0.2) is 53.1 Å². The van der Waals surface area contributed by atoms with Gasteiger partial charge in [0.2, 0.25) is 0 Å². The number of amides is 1. The number of ether oxygens (including phenoxy) is 2. The number of likely N-dealkylation sites (tertiary alicyclic amines) is 1. The van der Waals surface area contributed by atoms with Crippen molar-refractivity contribution in [2.75, 3.05) is 26.7 Å². The lowest BCUT2D eigenvalue weighted by molar-refractivity contribution is 0.0938. The number of rotatable bonds is 9. The lowest BCUT2D eigenvalue weighted by Crippen LogP contribution is -2.36. The monoisotopic (exact) mass is 449 g/mol. The minimum absolute atomic E-state index is 0.0978. The maximum absolute atomic E-state index is 12.8. The number of nitrogens with one attached hydrogen (secondary N) is 1. The van der Waals surface area contributed by atoms with Crippen LogP contribution in [-0.2, 0) is 6.61 Å². The molecule has 7 nitrogen and oxygen atoms in total. The van der Waals surface area contributed by atoms with Crippen LogP contribution in [0.5, 0.6) is 11.5 Å². The highest BCUT2D eigenvalue weighted by Crippen LogP contribution is 2.27. The van der Waals surface area contributed by atoms with E-state index in [4.69, 9.17) is 14.0 Å². The Morgan fingerprint density at radius 2 is 1.88 bits per heavy atom. The van der Waals surface area contributed by atoms with Crippen molar-refractivity contribution in [3.05, 3.63) is 76.7 Å². The van der Waals surface area contributed by atoms with Crippen LogP contribution in [0.3, 0.4) is 0 Å². The summed E-state index contributed by atoms with van der Waals surface area (Å²) in [5.41, 5.74) is 3.53. The molecule has 0 bridgehead atoms. The van der Waals surface area contributed by atoms with E-state index in [9.17, 15) is 4.79 Å². The van der Waals surface area contributed by atoms with Gasteiger partial charge in [-0.1, -0.05) is 17.3 Å². The van der Waals surface area contributed by atoms with E-state index >= 15 is 0 Å². The van der Waals surface area contributed by atoms with Crippen LogP contribution in [-0.4, -0.2) is 42.7 Å². The highest BCUT2D eigenvalue weighted by atomic mass is 16.5. The smallest absolute Gasteiger partial charge is 0.251 e. The number of carbonyl (C=O) groups is 1. The Bertz CT molecular complexity index is 1050. The second-order valence-electron chi connectivity index (χ2n) is 8.36. The summed E-state index contributed by atoms with van der Waals surface area (Å²) in [5.74, 6) is 2.18. The number of methoxy groups -OCH3 is 1. The van der Waals surface area contributed by atoms with Crippen molar-refractivity contribution in [1.29, 1.82) is 0 Å². The van der Waals surface area contributed by atoms with Gasteiger partial charge in [0.15, 0.2) is 0 Å². The molecule has 0 unspecified atom stereocenters. The predicted octanol–water partition coefficient (Wildman–Crippen LogP) is 4.45. The van der Waals surface area contributed by atoms with Gasteiger partial charge in [-0.25, -0.2) is 0 Å². The van der Waals surface area contributed by atoms with Gasteiger partial charge in [-0.2, -0.15) is 0 Å². The van der Waals surface area contributed by atoms with Gasteiger partial charge in [-0.3, -0.25) is 9.69 Å². The van der Waals surface area contributed by atoms with Crippen LogP contribution in [0.2, 0.25) is 0 Å². The summed E-state index contributed by atoms with van der Waals surface area (Å²) in [6.45, 7) is 6.75. The van der Waals surface area contributed by atoms with Crippen molar-refractivity contribution in [3.63, 3.8) is 0 Å². The molecule has 2 heterocycles. The molecule has 0 spiro atoms. The molecule has 1 amide bonds. The summed E-state index contributed by atoms with van der Waals surface area (Å²) in [7, 11) is 1.67. The first-order valence-corrected chi connectivity index (χ1v) is 11.4. The molecule has 2 aromatic carbocycles. The van der Waals surface area contributed by atoms with Gasteiger partial charge in [0.1, 0.15) is 23.9 Å². The maximum Gasteiger partial charge on any atom is 0.251 e. The van der Waals surface area contributed by atoms with Gasteiger partial charge in [0, 0.05) is 12.1 Å². The molecule has 1 N–H and O–H groups in total. The zero-order chi connectivity index (χ0) is 23.2. The topological polar surface area (TPSA) is 76.8 Å². The van der Waals surface area contributed by atoms with Crippen LogP contribution in [0.4, 0.5) is 0 Å². The minimum Gasteiger partial charge on any atom is -0.497 e. The Morgan fingerprint density at radius 1 is 1.12 bits per heavy atom. The highest BCUT2D eigenvalue weighted by Gasteiger charge is 2.24. The predicted molar refractivity (Wildman–Crippen MR) is 126 cm³/mol. The lowest BCUT2D eigenvalue weighted by Gasteiger charge is -2.28. The Hall–Kier alpha value is -3.32. The van der Waals surface area contributed by atoms with Crippen LogP contribution in [0.25, 0.3) is 0 Å². The van der Waals surface area contributed by atoms with Gasteiger partial charge < -0.3 is 19.3 Å². The molecule has 1 aliphatic heterocycles. The molecule has 33 heavy (non-hydrogen) atoms. The largest absolute Gasteiger partial charge is 0.497 e. The number of hydrogen-bond acceptors (Lipinski definition) is 6. The zero-order valence-corrected chi connectivity index (χ0v) is 19.5. The second kappa shape index (κ2) is 10.5. The van der Waals surface area contributed by atoms with E-state index in [-0.39, 0.29) is 11.9 Å². The molecule has 1 atom stereocenters. The molecule has 0 aliphatic carbocycles. The van der Waals surface area contributed by atoms with E-state index < -0.39 is 0 Å². The van der Waals surface area contributed by atoms with Gasteiger partial charge in [-0.05, 0) is 81.7 Å². The van der Waals surface area contributed by atoms with Gasteiger partial charge in [0.05, 0.1) is 24.4 Å². The number of aryl methyl sites for hydroxylation is 2. The number of nitrogens with zero attached hydrogens (tertiary/aromatic N) is 2. The first kappa shape index (κ1) is 22.9. The Morgan fingerprint density at radius 3 is 2.55 bits per heavy atom. The van der Waals surface area contributed by atoms with Crippen molar-refractivity contribution in [2.45, 2.75) is 39.3 Å². The highest BCUT2D eigenvalue weighted by molar-refractivity contribution is 5.94. The number of carbonyl (C=O) groups excluding carboxylic acids is 1. The van der Waals surface area contributed by atoms with E-state index in [1.54, 1.807) is 19.2 Å². The molecule has 3 aromatic rings. The molecule has 1 fully saturated rings. The van der Waals surface area contributed by atoms with E-state index in [0.29, 0.717) is 24.5 Å². The Labute approximate surface area is 194 Å². The summed E-state index contributed by atoms with van der Waals surface area (Å²) < 4.78 is 16.4. The molecular weight excluding hydrogens is 418 g/mol. The lowest BCUT2D eigenvalue weighted by atomic mass is 10.0. The van der Waals surface area contributed by atoms with Crippen molar-refractivity contribution < 1.29 is 18.8 Å². The van der Waals surface area contributed by atoms with E-state index in [2.05, 4.69) is 27.5 Å². The summed E-state index contributed by atoms with van der Waals surface area (Å²) in [6, 6.07) is 15.4. The summed E-state index contributed by atoms with van der Waals surface area (Å²) in [5, 5.41) is 7.06. The van der Waals surface area contributed by atoms with E-state index in [1.807, 2.05) is 38.1 Å². The third-order valence-corrected chi connectivity index (χ3v) is 6.20. The fourth-order valence-electron chi connectivity index (χ4n) is 4.22. The van der Waals surface area contributed by atoms with Crippen LogP contribution >= 0.6 is 0 Å². The number of benzene rings is 2. The molecule has 4 rings (SSSR count). The molecule has 1 aromatic heterocycles. The van der Waals surface area contributed by atoms with Crippen molar-refractivity contribution in [2.24, 2.45) is 0 Å². The number of aromatic nitrogens is 1. The third-order valence-electron chi connectivity index (χ3n) is 6.20. The molecule has 0 saturated carbocycles. The maximum atomic E-state index is 12.8. The molecule has 0 radical (unpaired) electrons. The average molecular weight is 450 g/mol. The fourth-order valence-corrected chi connectivity index (χ4v) is 4.22. The molecular formula is C26H31N3O4. The van der Waals surface area contributed by atoms with Crippen LogP contribution < -0.4 is 14.8 Å². The van der Waals surface area contributed by atoms with Crippen molar-refractivity contribution in [3.8, 4) is 11.5 Å². The first-order chi connectivity index (χ1) is 16.0. The molecule has 1 saturated heterocycles. The molecule has 7 heteroatoms. The summed E-state index contributed by atoms with van der Waals surface area (Å²) >= 11 is 0. The minimum atomic E-state index is -0.0978.